The summed E-state index contributed by atoms with van der Waals surface area (Å²) >= 11 is 0. The van der Waals surface area contributed by atoms with Gasteiger partial charge in [0.05, 0.1) is 18.6 Å². The molecule has 0 unspecified atom stereocenters. The second-order valence-corrected chi connectivity index (χ2v) is 7.65. The Morgan fingerprint density at radius 3 is 2.52 bits per heavy atom. The Balaban J connectivity index is 1.56. The van der Waals surface area contributed by atoms with E-state index in [1.54, 1.807) is 6.07 Å². The van der Waals surface area contributed by atoms with Gasteiger partial charge in [0.2, 0.25) is 0 Å². The lowest BCUT2D eigenvalue weighted by molar-refractivity contribution is -0.183. The normalized spacial score (nSPS) is 23.6. The van der Waals surface area contributed by atoms with Crippen LogP contribution in [0.5, 0.6) is 0 Å². The average Bonchev–Trinajstić information content (AvgIpc) is 3.41. The van der Waals surface area contributed by atoms with Gasteiger partial charge in [-0.05, 0) is 50.5 Å². The number of alkyl halides is 3. The van der Waals surface area contributed by atoms with E-state index in [0.717, 1.165) is 24.3 Å². The van der Waals surface area contributed by atoms with Crippen LogP contribution in [0, 0.1) is 11.8 Å². The highest BCUT2D eigenvalue weighted by Gasteiger charge is 2.41. The van der Waals surface area contributed by atoms with E-state index in [0.29, 0.717) is 36.4 Å². The number of ether oxygens (including phenoxy) is 1. The van der Waals surface area contributed by atoms with Crippen LogP contribution in [-0.4, -0.2) is 33.8 Å². The van der Waals surface area contributed by atoms with E-state index in [-0.39, 0.29) is 18.8 Å². The minimum absolute atomic E-state index is 0.197. The molecule has 5 nitrogen and oxygen atoms in total. The summed E-state index contributed by atoms with van der Waals surface area (Å²) in [5, 5.41) is 0. The Morgan fingerprint density at radius 2 is 1.93 bits per heavy atom. The number of aromatic nitrogens is 3. The van der Waals surface area contributed by atoms with E-state index in [4.69, 9.17) is 4.74 Å². The molecule has 0 atom stereocenters. The Morgan fingerprint density at radius 1 is 1.22 bits per heavy atom. The molecule has 2 heterocycles. The summed E-state index contributed by atoms with van der Waals surface area (Å²) in [6.07, 6.45) is 1.71. The summed E-state index contributed by atoms with van der Waals surface area (Å²) < 4.78 is 45.5. The molecule has 0 saturated heterocycles. The van der Waals surface area contributed by atoms with Crippen molar-refractivity contribution in [2.24, 2.45) is 11.8 Å². The van der Waals surface area contributed by atoms with Gasteiger partial charge in [0.25, 0.3) is 0 Å². The third-order valence-electron chi connectivity index (χ3n) is 5.72. The molecule has 27 heavy (non-hydrogen) atoms. The molecule has 0 N–H and O–H groups in total. The molecular weight excluding hydrogens is 359 g/mol. The summed E-state index contributed by atoms with van der Waals surface area (Å²) in [5.74, 6) is -0.548. The predicted molar refractivity (Wildman–Crippen MR) is 92.3 cm³/mol. The number of pyridine rings is 1. The Kier molecular flexibility index (Phi) is 4.60. The molecule has 2 aliphatic carbocycles. The van der Waals surface area contributed by atoms with Crippen molar-refractivity contribution < 1.29 is 22.7 Å². The van der Waals surface area contributed by atoms with Crippen molar-refractivity contribution in [2.75, 3.05) is 7.11 Å². The lowest BCUT2D eigenvalue weighted by Gasteiger charge is -2.29. The van der Waals surface area contributed by atoms with Gasteiger partial charge in [0, 0.05) is 18.7 Å². The fourth-order valence-corrected chi connectivity index (χ4v) is 4.07. The van der Waals surface area contributed by atoms with E-state index in [9.17, 15) is 18.0 Å². The monoisotopic (exact) mass is 381 g/mol. The molecule has 2 fully saturated rings. The number of hydrogen-bond donors (Lipinski definition) is 0. The maximum absolute atomic E-state index is 12.9. The minimum atomic E-state index is -4.08. The van der Waals surface area contributed by atoms with Gasteiger partial charge >= 0.3 is 12.1 Å². The summed E-state index contributed by atoms with van der Waals surface area (Å²) in [4.78, 5) is 20.8. The Hall–Kier alpha value is -2.12. The number of esters is 1. The van der Waals surface area contributed by atoms with Crippen LogP contribution < -0.4 is 0 Å². The molecule has 8 heteroatoms. The number of methoxy groups -OCH3 is 1. The zero-order valence-corrected chi connectivity index (χ0v) is 15.1. The van der Waals surface area contributed by atoms with Crippen molar-refractivity contribution in [2.45, 2.75) is 57.2 Å². The Labute approximate surface area is 154 Å². The van der Waals surface area contributed by atoms with Gasteiger partial charge in [0.15, 0.2) is 5.65 Å². The van der Waals surface area contributed by atoms with Crippen LogP contribution in [0.15, 0.2) is 12.3 Å². The number of nitrogens with zero attached hydrogens (tertiary/aromatic N) is 3. The molecule has 2 aromatic heterocycles. The van der Waals surface area contributed by atoms with Crippen LogP contribution in [0.1, 0.15) is 60.7 Å². The predicted octanol–water partition coefficient (Wildman–Crippen LogP) is 4.46. The summed E-state index contributed by atoms with van der Waals surface area (Å²) in [6, 6.07) is 2.03. The van der Waals surface area contributed by atoms with Crippen LogP contribution in [0.4, 0.5) is 13.2 Å². The number of halogens is 3. The molecule has 4 rings (SSSR count). The van der Waals surface area contributed by atoms with Crippen molar-refractivity contribution in [3.8, 4) is 0 Å². The zero-order chi connectivity index (χ0) is 19.2. The highest BCUT2D eigenvalue weighted by molar-refractivity contribution is 5.92. The molecule has 0 spiro atoms. The van der Waals surface area contributed by atoms with Gasteiger partial charge in [0.1, 0.15) is 11.3 Å². The summed E-state index contributed by atoms with van der Waals surface area (Å²) in [7, 11) is 1.32. The highest BCUT2D eigenvalue weighted by atomic mass is 19.4. The molecule has 0 radical (unpaired) electrons. The molecule has 0 bridgehead atoms. The van der Waals surface area contributed by atoms with E-state index < -0.39 is 18.1 Å². The minimum Gasteiger partial charge on any atom is -0.465 e. The van der Waals surface area contributed by atoms with Gasteiger partial charge < -0.3 is 9.30 Å². The third-order valence-corrected chi connectivity index (χ3v) is 5.72. The summed E-state index contributed by atoms with van der Waals surface area (Å²) in [5.41, 5.74) is 1.73. The molecular formula is C19H22F3N3O2. The molecule has 2 aliphatic rings. The van der Waals surface area contributed by atoms with Gasteiger partial charge in [-0.3, -0.25) is 0 Å². The maximum Gasteiger partial charge on any atom is 0.391 e. The molecule has 146 valence electrons. The largest absolute Gasteiger partial charge is 0.465 e. The molecule has 2 aromatic rings. The lowest BCUT2D eigenvalue weighted by Crippen LogP contribution is -2.28. The first kappa shape index (κ1) is 18.3. The van der Waals surface area contributed by atoms with Crippen molar-refractivity contribution >= 4 is 17.1 Å². The van der Waals surface area contributed by atoms with Crippen molar-refractivity contribution in [3.05, 3.63) is 23.7 Å². The van der Waals surface area contributed by atoms with E-state index in [1.807, 2.05) is 0 Å². The first-order valence-electron chi connectivity index (χ1n) is 9.38. The van der Waals surface area contributed by atoms with Crippen LogP contribution in [0.25, 0.3) is 11.2 Å². The first-order chi connectivity index (χ1) is 12.9. The zero-order valence-electron chi connectivity index (χ0n) is 15.1. The first-order valence-corrected chi connectivity index (χ1v) is 9.38. The quantitative estimate of drug-likeness (QED) is 0.734. The van der Waals surface area contributed by atoms with Gasteiger partial charge in [-0.1, -0.05) is 0 Å². The third kappa shape index (κ3) is 3.66. The SMILES string of the molecule is COC(=O)c1cnc2c(c1)nc(CC1CCC(C(F)(F)F)CC1)n2C1CC1. The smallest absolute Gasteiger partial charge is 0.391 e. The number of hydrogen-bond acceptors (Lipinski definition) is 4. The fraction of sp³-hybridized carbons (Fsp3) is 0.632. The topological polar surface area (TPSA) is 57.0 Å². The van der Waals surface area contributed by atoms with Crippen LogP contribution in [0.2, 0.25) is 0 Å². The van der Waals surface area contributed by atoms with Crippen molar-refractivity contribution in [1.82, 2.24) is 14.5 Å². The van der Waals surface area contributed by atoms with Crippen molar-refractivity contribution in [3.63, 3.8) is 0 Å². The number of fused-ring (bicyclic) bond motifs is 1. The average molecular weight is 381 g/mol. The van der Waals surface area contributed by atoms with Crippen LogP contribution in [0.3, 0.4) is 0 Å². The second kappa shape index (κ2) is 6.80. The molecule has 2 saturated carbocycles. The van der Waals surface area contributed by atoms with E-state index >= 15 is 0 Å². The Bertz CT molecular complexity index is 850. The van der Waals surface area contributed by atoms with Gasteiger partial charge in [-0.15, -0.1) is 0 Å². The van der Waals surface area contributed by atoms with Crippen molar-refractivity contribution in [1.29, 1.82) is 0 Å². The number of rotatable bonds is 4. The number of carbonyl (C=O) groups excluding carboxylic acids is 1. The van der Waals surface area contributed by atoms with Gasteiger partial charge in [-0.2, -0.15) is 13.2 Å². The highest BCUT2D eigenvalue weighted by Crippen LogP contribution is 2.42. The molecule has 0 aromatic carbocycles. The second-order valence-electron chi connectivity index (χ2n) is 7.65. The summed E-state index contributed by atoms with van der Waals surface area (Å²) in [6.45, 7) is 0. The van der Waals surface area contributed by atoms with Crippen LogP contribution >= 0.6 is 0 Å². The lowest BCUT2D eigenvalue weighted by atomic mass is 9.80. The van der Waals surface area contributed by atoms with E-state index in [2.05, 4.69) is 14.5 Å². The maximum atomic E-state index is 12.9. The van der Waals surface area contributed by atoms with Gasteiger partial charge in [-0.25, -0.2) is 14.8 Å². The van der Waals surface area contributed by atoms with E-state index in [1.165, 1.54) is 13.3 Å². The standard InChI is InChI=1S/C19H22F3N3O2/c1-27-18(26)12-9-15-17(23-10-12)25(14-6-7-14)16(24-15)8-11-2-4-13(5-3-11)19(20,21)22/h9-11,13-14H,2-8H2,1H3. The number of imidazole rings is 1. The fourth-order valence-electron chi connectivity index (χ4n) is 4.07. The number of carbonyl (C=O) groups is 1. The molecule has 0 aliphatic heterocycles. The molecule has 0 amide bonds. The van der Waals surface area contributed by atoms with Crippen LogP contribution in [-0.2, 0) is 11.2 Å².